The summed E-state index contributed by atoms with van der Waals surface area (Å²) >= 11 is 0. The molecule has 1 heterocycles. The van der Waals surface area contributed by atoms with Crippen LogP contribution in [0.1, 0.15) is 65.7 Å². The second-order valence-electron chi connectivity index (χ2n) is 10.2. The van der Waals surface area contributed by atoms with Gasteiger partial charge in [-0.15, -0.1) is 0 Å². The van der Waals surface area contributed by atoms with Gasteiger partial charge in [0.2, 0.25) is 0 Å². The molecule has 1 saturated heterocycles. The lowest BCUT2D eigenvalue weighted by atomic mass is 9.39. The van der Waals surface area contributed by atoms with Gasteiger partial charge in [0.1, 0.15) is 11.9 Å². The molecule has 5 aliphatic rings. The molecule has 4 saturated carbocycles. The van der Waals surface area contributed by atoms with Crippen molar-refractivity contribution in [1.29, 1.82) is 0 Å². The van der Waals surface area contributed by atoms with Gasteiger partial charge in [-0.3, -0.25) is 9.59 Å². The maximum absolute atomic E-state index is 12.8. The molecular formula is C20H28O4. The lowest BCUT2D eigenvalue weighted by molar-refractivity contribution is -0.223. The van der Waals surface area contributed by atoms with Gasteiger partial charge >= 0.3 is 5.97 Å². The number of hydrogen-bond acceptors (Lipinski definition) is 4. The number of fused-ring (bicyclic) bond motifs is 2. The summed E-state index contributed by atoms with van der Waals surface area (Å²) in [5.74, 6) is 0.616. The van der Waals surface area contributed by atoms with Crippen molar-refractivity contribution in [1.82, 2.24) is 0 Å². The summed E-state index contributed by atoms with van der Waals surface area (Å²) in [6, 6.07) is 0. The summed E-state index contributed by atoms with van der Waals surface area (Å²) in [6.07, 6.45) is 5.08. The first-order chi connectivity index (χ1) is 11.2. The SMILES string of the molecule is C[C@@]12CC[C@H]3[C@]4(C)CCC[C@@]5(C)C(=O)O[C@@H]([C@@H](O)[C@]3(CC1=O)C2)[C@@H]45. The highest BCUT2D eigenvalue weighted by molar-refractivity contribution is 5.88. The Balaban J connectivity index is 1.69. The van der Waals surface area contributed by atoms with Crippen molar-refractivity contribution in [2.75, 3.05) is 0 Å². The van der Waals surface area contributed by atoms with Crippen molar-refractivity contribution >= 4 is 11.8 Å². The third-order valence-corrected chi connectivity index (χ3v) is 9.10. The third kappa shape index (κ3) is 1.40. The third-order valence-electron chi connectivity index (χ3n) is 9.10. The van der Waals surface area contributed by atoms with Crippen LogP contribution in [-0.2, 0) is 14.3 Å². The standard InChI is InChI=1S/C20H28O4/c1-17-8-5-11-18(2)6-4-7-19(3)14(18)13(24-16(19)23)15(22)20(11,10-17)9-12(17)21/h11,13-15,22H,4-10H2,1-3H3/t11-,13+,14-,15+,17-,18-,19+,20+/m0/s1. The first-order valence-corrected chi connectivity index (χ1v) is 9.60. The molecule has 5 fully saturated rings. The normalized spacial score (nSPS) is 61.3. The average molecular weight is 332 g/mol. The number of ketones is 1. The maximum Gasteiger partial charge on any atom is 0.312 e. The number of ether oxygens (including phenoxy) is 1. The molecule has 0 unspecified atom stereocenters. The Bertz CT molecular complexity index is 658. The van der Waals surface area contributed by atoms with Crippen LogP contribution < -0.4 is 0 Å². The molecule has 1 spiro atoms. The van der Waals surface area contributed by atoms with E-state index < -0.39 is 17.6 Å². The molecule has 0 aromatic carbocycles. The lowest BCUT2D eigenvalue weighted by Gasteiger charge is -2.64. The fraction of sp³-hybridized carbons (Fsp3) is 0.900. The number of carbonyl (C=O) groups is 2. The second-order valence-corrected chi connectivity index (χ2v) is 10.2. The Morgan fingerprint density at radius 2 is 1.88 bits per heavy atom. The molecule has 4 nitrogen and oxygen atoms in total. The quantitative estimate of drug-likeness (QED) is 0.693. The number of carbonyl (C=O) groups excluding carboxylic acids is 2. The summed E-state index contributed by atoms with van der Waals surface area (Å²) in [6.45, 7) is 6.45. The highest BCUT2D eigenvalue weighted by atomic mass is 16.6. The Hall–Kier alpha value is -0.900. The van der Waals surface area contributed by atoms with Crippen LogP contribution in [-0.4, -0.2) is 29.1 Å². The van der Waals surface area contributed by atoms with Gasteiger partial charge in [0.05, 0.1) is 11.5 Å². The van der Waals surface area contributed by atoms with Crippen molar-refractivity contribution in [3.63, 3.8) is 0 Å². The van der Waals surface area contributed by atoms with Crippen LogP contribution in [0.4, 0.5) is 0 Å². The molecule has 4 heteroatoms. The van der Waals surface area contributed by atoms with E-state index in [4.69, 9.17) is 4.74 Å². The zero-order valence-corrected chi connectivity index (χ0v) is 14.9. The summed E-state index contributed by atoms with van der Waals surface area (Å²) in [7, 11) is 0. The van der Waals surface area contributed by atoms with Crippen molar-refractivity contribution < 1.29 is 19.4 Å². The minimum Gasteiger partial charge on any atom is -0.459 e. The van der Waals surface area contributed by atoms with Crippen LogP contribution >= 0.6 is 0 Å². The highest BCUT2D eigenvalue weighted by Crippen LogP contribution is 2.74. The van der Waals surface area contributed by atoms with Crippen LogP contribution in [0.3, 0.4) is 0 Å². The van der Waals surface area contributed by atoms with Gasteiger partial charge in [0, 0.05) is 23.2 Å². The lowest BCUT2D eigenvalue weighted by Crippen LogP contribution is -2.66. The highest BCUT2D eigenvalue weighted by Gasteiger charge is 2.76. The predicted octanol–water partition coefficient (Wildman–Crippen LogP) is 2.86. The largest absolute Gasteiger partial charge is 0.459 e. The molecule has 1 aliphatic heterocycles. The van der Waals surface area contributed by atoms with Gasteiger partial charge in [-0.1, -0.05) is 20.3 Å². The first-order valence-electron chi connectivity index (χ1n) is 9.60. The Kier molecular flexibility index (Phi) is 2.61. The molecule has 1 N–H and O–H groups in total. The van der Waals surface area contributed by atoms with Gasteiger partial charge in [0.15, 0.2) is 0 Å². The molecule has 4 aliphatic carbocycles. The number of esters is 1. The zero-order valence-electron chi connectivity index (χ0n) is 14.9. The zero-order chi connectivity index (χ0) is 17.1. The number of aliphatic hydroxyl groups excluding tert-OH is 1. The van der Waals surface area contributed by atoms with E-state index in [1.54, 1.807) is 0 Å². The second kappa shape index (κ2) is 4.08. The summed E-state index contributed by atoms with van der Waals surface area (Å²) in [4.78, 5) is 25.4. The van der Waals surface area contributed by atoms with Gasteiger partial charge in [0.25, 0.3) is 0 Å². The van der Waals surface area contributed by atoms with Gasteiger partial charge < -0.3 is 9.84 Å². The molecular weight excluding hydrogens is 304 g/mol. The van der Waals surface area contributed by atoms with E-state index in [1.807, 2.05) is 0 Å². The van der Waals surface area contributed by atoms with Crippen LogP contribution in [0, 0.1) is 33.5 Å². The number of rotatable bonds is 0. The van der Waals surface area contributed by atoms with Crippen molar-refractivity contribution in [2.45, 2.75) is 77.9 Å². The number of hydrogen-bond donors (Lipinski definition) is 1. The molecule has 2 bridgehead atoms. The molecule has 0 aromatic rings. The van der Waals surface area contributed by atoms with Crippen LogP contribution in [0.15, 0.2) is 0 Å². The molecule has 0 amide bonds. The molecule has 5 rings (SSSR count). The molecule has 24 heavy (non-hydrogen) atoms. The van der Waals surface area contributed by atoms with Crippen LogP contribution in [0.25, 0.3) is 0 Å². The summed E-state index contributed by atoms with van der Waals surface area (Å²) < 4.78 is 5.82. The van der Waals surface area contributed by atoms with Crippen molar-refractivity contribution in [3.05, 3.63) is 0 Å². The first kappa shape index (κ1) is 15.4. The van der Waals surface area contributed by atoms with Gasteiger partial charge in [-0.2, -0.15) is 0 Å². The smallest absolute Gasteiger partial charge is 0.312 e. The molecule has 8 atom stereocenters. The summed E-state index contributed by atoms with van der Waals surface area (Å²) in [5, 5.41) is 11.4. The van der Waals surface area contributed by atoms with Crippen LogP contribution in [0.5, 0.6) is 0 Å². The predicted molar refractivity (Wildman–Crippen MR) is 86.9 cm³/mol. The molecule has 0 radical (unpaired) electrons. The number of Topliss-reactive ketones (excluding diaryl/α,β-unsaturated/α-hetero) is 1. The van der Waals surface area contributed by atoms with Gasteiger partial charge in [-0.25, -0.2) is 0 Å². The average Bonchev–Trinajstić information content (AvgIpc) is 2.88. The van der Waals surface area contributed by atoms with Crippen molar-refractivity contribution in [3.8, 4) is 0 Å². The maximum atomic E-state index is 12.8. The van der Waals surface area contributed by atoms with Crippen molar-refractivity contribution in [2.24, 2.45) is 33.5 Å². The van der Waals surface area contributed by atoms with Gasteiger partial charge in [-0.05, 0) is 50.4 Å². The Morgan fingerprint density at radius 1 is 1.12 bits per heavy atom. The fourth-order valence-electron chi connectivity index (χ4n) is 8.16. The minimum absolute atomic E-state index is 0.00495. The Labute approximate surface area is 143 Å². The van der Waals surface area contributed by atoms with E-state index in [-0.39, 0.29) is 28.1 Å². The molecule has 0 aromatic heterocycles. The minimum atomic E-state index is -0.685. The van der Waals surface area contributed by atoms with E-state index in [2.05, 4.69) is 20.8 Å². The Morgan fingerprint density at radius 3 is 2.62 bits per heavy atom. The fourth-order valence-corrected chi connectivity index (χ4v) is 8.16. The van der Waals surface area contributed by atoms with E-state index >= 15 is 0 Å². The monoisotopic (exact) mass is 332 g/mol. The number of aliphatic hydroxyl groups is 1. The van der Waals surface area contributed by atoms with E-state index in [9.17, 15) is 14.7 Å². The van der Waals surface area contributed by atoms with E-state index in [0.717, 1.165) is 38.5 Å². The van der Waals surface area contributed by atoms with E-state index in [1.165, 1.54) is 0 Å². The van der Waals surface area contributed by atoms with Crippen LogP contribution in [0.2, 0.25) is 0 Å². The molecule has 132 valence electrons. The summed E-state index contributed by atoms with van der Waals surface area (Å²) in [5.41, 5.74) is -1.11. The topological polar surface area (TPSA) is 63.6 Å². The van der Waals surface area contributed by atoms with E-state index in [0.29, 0.717) is 18.1 Å².